The Morgan fingerprint density at radius 1 is 0.444 bits per heavy atom. The first-order valence-electron chi connectivity index (χ1n) is 16.1. The van der Waals surface area contributed by atoms with Crippen molar-refractivity contribution in [1.29, 1.82) is 0 Å². The Balaban J connectivity index is 3.13. The van der Waals surface area contributed by atoms with Gasteiger partial charge in [-0.05, 0) is 58.9 Å². The molecule has 0 unspecified atom stereocenters. The maximum Gasteiger partial charge on any atom is 0.0965 e. The highest BCUT2D eigenvalue weighted by molar-refractivity contribution is 4.55. The molecule has 0 radical (unpaired) electrons. The van der Waals surface area contributed by atoms with Crippen LogP contribution in [0.2, 0.25) is 0 Å². The third-order valence-corrected chi connectivity index (χ3v) is 6.98. The van der Waals surface area contributed by atoms with Crippen molar-refractivity contribution < 1.29 is 9.47 Å². The first-order chi connectivity index (χ1) is 17.8. The summed E-state index contributed by atoms with van der Waals surface area (Å²) in [5.74, 6) is 0. The molecule has 0 aromatic rings. The zero-order valence-electron chi connectivity index (χ0n) is 25.1. The van der Waals surface area contributed by atoms with Crippen LogP contribution in [0.5, 0.6) is 0 Å². The van der Waals surface area contributed by atoms with Crippen LogP contribution >= 0.6 is 0 Å². The van der Waals surface area contributed by atoms with Crippen LogP contribution in [-0.4, -0.2) is 64.8 Å². The van der Waals surface area contributed by atoms with Crippen molar-refractivity contribution in [1.82, 2.24) is 15.5 Å². The molecule has 0 heterocycles. The van der Waals surface area contributed by atoms with Crippen LogP contribution < -0.4 is 10.6 Å². The molecule has 0 aliphatic heterocycles. The van der Waals surface area contributed by atoms with Crippen molar-refractivity contribution in [3.05, 3.63) is 0 Å². The second-order valence-corrected chi connectivity index (χ2v) is 10.8. The Morgan fingerprint density at radius 3 is 1.14 bits per heavy atom. The number of ether oxygens (including phenoxy) is 2. The Kier molecular flexibility index (Phi) is 32.6. The van der Waals surface area contributed by atoms with E-state index in [0.29, 0.717) is 13.5 Å². The summed E-state index contributed by atoms with van der Waals surface area (Å²) in [5, 5.41) is 6.83. The molecule has 36 heavy (non-hydrogen) atoms. The molecule has 2 N–H and O–H groups in total. The van der Waals surface area contributed by atoms with Gasteiger partial charge in [0, 0.05) is 13.2 Å². The van der Waals surface area contributed by atoms with Gasteiger partial charge in [-0.15, -0.1) is 0 Å². The number of hydrogen-bond donors (Lipinski definition) is 2. The van der Waals surface area contributed by atoms with Crippen LogP contribution in [0.1, 0.15) is 142 Å². The van der Waals surface area contributed by atoms with E-state index in [9.17, 15) is 0 Å². The standard InChI is InChI=1S/C31H67N3O2/c1-4-6-8-10-12-14-16-18-20-28-35-30-32-24-22-26-34(3)27-23-25-33-31-36-29-21-19-17-15-13-11-9-7-5-2/h32-33H,4-31H2,1-3H3. The van der Waals surface area contributed by atoms with Gasteiger partial charge in [-0.3, -0.25) is 10.6 Å². The lowest BCUT2D eigenvalue weighted by molar-refractivity contribution is 0.111. The lowest BCUT2D eigenvalue weighted by Gasteiger charge is -2.17. The highest BCUT2D eigenvalue weighted by Gasteiger charge is 1.99. The van der Waals surface area contributed by atoms with Crippen molar-refractivity contribution in [3.63, 3.8) is 0 Å². The van der Waals surface area contributed by atoms with Crippen LogP contribution in [0.15, 0.2) is 0 Å². The van der Waals surface area contributed by atoms with Crippen molar-refractivity contribution in [3.8, 4) is 0 Å². The van der Waals surface area contributed by atoms with E-state index in [1.54, 1.807) is 0 Å². The summed E-state index contributed by atoms with van der Waals surface area (Å²) in [4.78, 5) is 2.43. The van der Waals surface area contributed by atoms with E-state index in [-0.39, 0.29) is 0 Å². The summed E-state index contributed by atoms with van der Waals surface area (Å²) >= 11 is 0. The molecule has 0 aromatic heterocycles. The van der Waals surface area contributed by atoms with E-state index in [4.69, 9.17) is 9.47 Å². The minimum absolute atomic E-state index is 0.698. The van der Waals surface area contributed by atoms with Gasteiger partial charge >= 0.3 is 0 Å². The topological polar surface area (TPSA) is 45.8 Å². The molecule has 0 aliphatic rings. The summed E-state index contributed by atoms with van der Waals surface area (Å²) in [5.41, 5.74) is 0. The number of unbranched alkanes of at least 4 members (excludes halogenated alkanes) is 16. The largest absolute Gasteiger partial charge is 0.366 e. The van der Waals surface area contributed by atoms with Gasteiger partial charge < -0.3 is 14.4 Å². The summed E-state index contributed by atoms with van der Waals surface area (Å²) in [6, 6.07) is 0. The molecular weight excluding hydrogens is 446 g/mol. The molecule has 0 spiro atoms. The first kappa shape index (κ1) is 35.8. The number of rotatable bonds is 32. The second kappa shape index (κ2) is 32.8. The fourth-order valence-corrected chi connectivity index (χ4v) is 4.52. The third-order valence-electron chi connectivity index (χ3n) is 6.98. The Labute approximate surface area is 227 Å². The van der Waals surface area contributed by atoms with Gasteiger partial charge in [0.1, 0.15) is 0 Å². The molecular formula is C31H67N3O2. The number of hydrogen-bond acceptors (Lipinski definition) is 5. The molecule has 0 saturated carbocycles. The third kappa shape index (κ3) is 31.8. The normalized spacial score (nSPS) is 11.7. The summed E-state index contributed by atoms with van der Waals surface area (Å²) < 4.78 is 11.4. The molecule has 0 fully saturated rings. The molecule has 0 rings (SSSR count). The van der Waals surface area contributed by atoms with Gasteiger partial charge in [-0.25, -0.2) is 0 Å². The van der Waals surface area contributed by atoms with Gasteiger partial charge in [0.2, 0.25) is 0 Å². The Morgan fingerprint density at radius 2 is 0.778 bits per heavy atom. The highest BCUT2D eigenvalue weighted by Crippen LogP contribution is 2.10. The molecule has 0 atom stereocenters. The first-order valence-corrected chi connectivity index (χ1v) is 16.1. The number of nitrogens with zero attached hydrogens (tertiary/aromatic N) is 1. The van der Waals surface area contributed by atoms with E-state index in [1.807, 2.05) is 0 Å². The Hall–Kier alpha value is -0.200. The minimum Gasteiger partial charge on any atom is -0.366 e. The van der Waals surface area contributed by atoms with Gasteiger partial charge in [-0.2, -0.15) is 0 Å². The van der Waals surface area contributed by atoms with Crippen LogP contribution in [0, 0.1) is 0 Å². The lowest BCUT2D eigenvalue weighted by Crippen LogP contribution is -2.28. The van der Waals surface area contributed by atoms with E-state index in [0.717, 1.165) is 39.4 Å². The number of nitrogens with one attached hydrogen (secondary N) is 2. The molecule has 0 saturated heterocycles. The van der Waals surface area contributed by atoms with Gasteiger partial charge in [0.15, 0.2) is 0 Å². The predicted molar refractivity (Wildman–Crippen MR) is 159 cm³/mol. The Bertz CT molecular complexity index is 351. The summed E-state index contributed by atoms with van der Waals surface area (Å²) in [7, 11) is 2.22. The maximum atomic E-state index is 5.72. The summed E-state index contributed by atoms with van der Waals surface area (Å²) in [6.45, 7) is 12.1. The molecule has 0 aliphatic carbocycles. The molecule has 218 valence electrons. The van der Waals surface area contributed by atoms with Gasteiger partial charge in [0.25, 0.3) is 0 Å². The van der Waals surface area contributed by atoms with Crippen LogP contribution in [0.4, 0.5) is 0 Å². The van der Waals surface area contributed by atoms with Gasteiger partial charge in [-0.1, -0.05) is 117 Å². The van der Waals surface area contributed by atoms with Crippen molar-refractivity contribution >= 4 is 0 Å². The van der Waals surface area contributed by atoms with Crippen molar-refractivity contribution in [2.24, 2.45) is 0 Å². The predicted octanol–water partition coefficient (Wildman–Crippen LogP) is 7.89. The second-order valence-electron chi connectivity index (χ2n) is 10.8. The van der Waals surface area contributed by atoms with Crippen molar-refractivity contribution in [2.45, 2.75) is 142 Å². The minimum atomic E-state index is 0.698. The highest BCUT2D eigenvalue weighted by atomic mass is 16.5. The van der Waals surface area contributed by atoms with Crippen LogP contribution in [0.25, 0.3) is 0 Å². The fraction of sp³-hybridized carbons (Fsp3) is 1.00. The average Bonchev–Trinajstić information content (AvgIpc) is 2.88. The average molecular weight is 514 g/mol. The zero-order valence-corrected chi connectivity index (χ0v) is 25.1. The fourth-order valence-electron chi connectivity index (χ4n) is 4.52. The maximum absolute atomic E-state index is 5.72. The molecule has 0 aromatic carbocycles. The van der Waals surface area contributed by atoms with E-state index >= 15 is 0 Å². The van der Waals surface area contributed by atoms with E-state index in [2.05, 4.69) is 36.4 Å². The summed E-state index contributed by atoms with van der Waals surface area (Å²) in [6.07, 6.45) is 27.0. The van der Waals surface area contributed by atoms with E-state index < -0.39 is 0 Å². The smallest absolute Gasteiger partial charge is 0.0965 e. The lowest BCUT2D eigenvalue weighted by atomic mass is 10.1. The van der Waals surface area contributed by atoms with Gasteiger partial charge in [0.05, 0.1) is 13.5 Å². The monoisotopic (exact) mass is 514 g/mol. The zero-order chi connectivity index (χ0) is 26.2. The molecule has 5 heteroatoms. The quantitative estimate of drug-likeness (QED) is 0.0707. The SMILES string of the molecule is CCCCCCCCCCCOCNCCCN(C)CCCNCOCCCCCCCCCCC. The van der Waals surface area contributed by atoms with Crippen LogP contribution in [0.3, 0.4) is 0 Å². The molecule has 5 nitrogen and oxygen atoms in total. The van der Waals surface area contributed by atoms with E-state index in [1.165, 1.54) is 128 Å². The van der Waals surface area contributed by atoms with Crippen molar-refractivity contribution in [2.75, 3.05) is 59.9 Å². The molecule has 0 bridgehead atoms. The van der Waals surface area contributed by atoms with Crippen LogP contribution in [-0.2, 0) is 9.47 Å². The molecule has 0 amide bonds.